The van der Waals surface area contributed by atoms with Gasteiger partial charge < -0.3 is 10.6 Å². The van der Waals surface area contributed by atoms with Gasteiger partial charge in [0.25, 0.3) is 0 Å². The number of hydrogen-bond donors (Lipinski definition) is 3. The van der Waals surface area contributed by atoms with Crippen molar-refractivity contribution in [1.29, 1.82) is 0 Å². The lowest BCUT2D eigenvalue weighted by Gasteiger charge is -2.15. The molecule has 2 aromatic carbocycles. The van der Waals surface area contributed by atoms with Crippen LogP contribution in [-0.4, -0.2) is 20.5 Å². The van der Waals surface area contributed by atoms with Gasteiger partial charge in [-0.15, -0.1) is 0 Å². The number of hydrogen-bond acceptors (Lipinski definition) is 4. The number of sulfonamides is 1. The molecule has 3 rings (SSSR count). The van der Waals surface area contributed by atoms with Gasteiger partial charge in [-0.2, -0.15) is 24.5 Å². The van der Waals surface area contributed by atoms with Crippen LogP contribution in [0.25, 0.3) is 11.1 Å². The summed E-state index contributed by atoms with van der Waals surface area (Å²) < 4.78 is 66.3. The Balaban J connectivity index is 1.91. The first kappa shape index (κ1) is 23.8. The van der Waals surface area contributed by atoms with Crippen molar-refractivity contribution in [3.63, 3.8) is 0 Å². The van der Waals surface area contributed by atoms with Crippen molar-refractivity contribution in [1.82, 2.24) is 4.72 Å². The van der Waals surface area contributed by atoms with Gasteiger partial charge in [-0.05, 0) is 66.6 Å². The van der Waals surface area contributed by atoms with Gasteiger partial charge in [-0.1, -0.05) is 12.1 Å². The molecule has 11 heteroatoms. The molecule has 0 aliphatic carbocycles. The summed E-state index contributed by atoms with van der Waals surface area (Å²) in [7, 11) is -3.83. The van der Waals surface area contributed by atoms with Crippen molar-refractivity contribution >= 4 is 38.8 Å². The number of carbonyl (C=O) groups excluding carboxylic acids is 1. The molecule has 0 radical (unpaired) electrons. The fraction of sp³-hybridized carbons (Fsp3) is 0.190. The maximum absolute atomic E-state index is 12.9. The number of halogens is 3. The molecule has 1 aromatic heterocycles. The second-order valence-corrected chi connectivity index (χ2v) is 9.65. The highest BCUT2D eigenvalue weighted by Gasteiger charge is 2.30. The van der Waals surface area contributed by atoms with E-state index in [1.807, 2.05) is 10.8 Å². The molecule has 0 saturated heterocycles. The largest absolute Gasteiger partial charge is 0.416 e. The van der Waals surface area contributed by atoms with Crippen LogP contribution < -0.4 is 15.4 Å². The van der Waals surface area contributed by atoms with E-state index in [9.17, 15) is 26.4 Å². The minimum atomic E-state index is -4.55. The van der Waals surface area contributed by atoms with Crippen LogP contribution in [0.15, 0.2) is 64.2 Å². The Morgan fingerprint density at radius 3 is 2.41 bits per heavy atom. The molecular formula is C21H20F3N3O3S2. The standard InChI is InChI=1S/C21H20F3N3O3S2/c1-13(2)27-32(29,30)17-6-7-18(14-8-9-31-12-14)19(11-17)26-20(28)25-16-5-3-4-15(10-16)21(22,23)24/h3-13,27H,1-2H3,(H2,25,26,28). The van der Waals surface area contributed by atoms with Crippen LogP contribution in [0, 0.1) is 0 Å². The van der Waals surface area contributed by atoms with Crippen LogP contribution >= 0.6 is 11.3 Å². The topological polar surface area (TPSA) is 87.3 Å². The molecule has 1 heterocycles. The van der Waals surface area contributed by atoms with E-state index in [-0.39, 0.29) is 22.3 Å². The number of benzene rings is 2. The molecule has 170 valence electrons. The van der Waals surface area contributed by atoms with Gasteiger partial charge in [0, 0.05) is 17.3 Å². The zero-order chi connectivity index (χ0) is 23.5. The molecule has 0 unspecified atom stereocenters. The Bertz CT molecular complexity index is 1210. The maximum atomic E-state index is 12.9. The Kier molecular flexibility index (Phi) is 6.91. The maximum Gasteiger partial charge on any atom is 0.416 e. The highest BCUT2D eigenvalue weighted by molar-refractivity contribution is 7.89. The third-order valence-corrected chi connectivity index (χ3v) is 6.56. The predicted octanol–water partition coefficient (Wildman–Crippen LogP) is 5.76. The van der Waals surface area contributed by atoms with E-state index in [0.717, 1.165) is 17.7 Å². The lowest BCUT2D eigenvalue weighted by atomic mass is 10.1. The summed E-state index contributed by atoms with van der Waals surface area (Å²) in [6, 6.07) is 9.16. The number of thiophene rings is 1. The Morgan fingerprint density at radius 2 is 1.78 bits per heavy atom. The highest BCUT2D eigenvalue weighted by atomic mass is 32.2. The van der Waals surface area contributed by atoms with Crippen LogP contribution in [0.1, 0.15) is 19.4 Å². The number of anilines is 2. The molecule has 0 bridgehead atoms. The van der Waals surface area contributed by atoms with E-state index >= 15 is 0 Å². The van der Waals surface area contributed by atoms with E-state index in [4.69, 9.17) is 0 Å². The summed E-state index contributed by atoms with van der Waals surface area (Å²) in [5.74, 6) is 0. The molecular weight excluding hydrogens is 463 g/mol. The second kappa shape index (κ2) is 9.31. The molecule has 32 heavy (non-hydrogen) atoms. The molecule has 6 nitrogen and oxygen atoms in total. The molecule has 0 aliphatic heterocycles. The van der Waals surface area contributed by atoms with E-state index in [2.05, 4.69) is 15.4 Å². The number of rotatable bonds is 6. The summed E-state index contributed by atoms with van der Waals surface area (Å²) in [6.45, 7) is 3.36. The zero-order valence-corrected chi connectivity index (χ0v) is 18.7. The summed E-state index contributed by atoms with van der Waals surface area (Å²) in [5, 5.41) is 8.56. The first-order valence-corrected chi connectivity index (χ1v) is 11.8. The number of alkyl halides is 3. The SMILES string of the molecule is CC(C)NS(=O)(=O)c1ccc(-c2ccsc2)c(NC(=O)Nc2cccc(C(F)(F)F)c2)c1. The normalized spacial score (nSPS) is 12.1. The van der Waals surface area contributed by atoms with Gasteiger partial charge in [0.2, 0.25) is 10.0 Å². The Labute approximate surface area is 187 Å². The van der Waals surface area contributed by atoms with Gasteiger partial charge in [0.15, 0.2) is 0 Å². The van der Waals surface area contributed by atoms with Crippen molar-refractivity contribution in [2.75, 3.05) is 10.6 Å². The zero-order valence-electron chi connectivity index (χ0n) is 17.0. The summed E-state index contributed by atoms with van der Waals surface area (Å²) >= 11 is 1.42. The molecule has 3 N–H and O–H groups in total. The van der Waals surface area contributed by atoms with Crippen molar-refractivity contribution in [2.45, 2.75) is 31.0 Å². The van der Waals surface area contributed by atoms with E-state index in [0.29, 0.717) is 5.56 Å². The van der Waals surface area contributed by atoms with Crippen LogP contribution in [0.2, 0.25) is 0 Å². The third kappa shape index (κ3) is 5.87. The average molecular weight is 484 g/mol. The van der Waals surface area contributed by atoms with Crippen LogP contribution in [-0.2, 0) is 16.2 Å². The van der Waals surface area contributed by atoms with Crippen LogP contribution in [0.4, 0.5) is 29.3 Å². The smallest absolute Gasteiger partial charge is 0.308 e. The van der Waals surface area contributed by atoms with Crippen LogP contribution in [0.5, 0.6) is 0 Å². The van der Waals surface area contributed by atoms with Gasteiger partial charge >= 0.3 is 12.2 Å². The predicted molar refractivity (Wildman–Crippen MR) is 119 cm³/mol. The molecule has 0 spiro atoms. The summed E-state index contributed by atoms with van der Waals surface area (Å²) in [4.78, 5) is 12.5. The summed E-state index contributed by atoms with van der Waals surface area (Å²) in [6.07, 6.45) is -4.55. The van der Waals surface area contributed by atoms with Gasteiger partial charge in [-0.3, -0.25) is 0 Å². The number of nitrogens with one attached hydrogen (secondary N) is 3. The lowest BCUT2D eigenvalue weighted by Crippen LogP contribution is -2.30. The van der Waals surface area contributed by atoms with Crippen molar-refractivity contribution in [3.05, 3.63) is 64.9 Å². The van der Waals surface area contributed by atoms with Crippen molar-refractivity contribution in [2.24, 2.45) is 0 Å². The van der Waals surface area contributed by atoms with Gasteiger partial charge in [0.05, 0.1) is 16.1 Å². The molecule has 3 aromatic rings. The van der Waals surface area contributed by atoms with Gasteiger partial charge in [-0.25, -0.2) is 17.9 Å². The monoisotopic (exact) mass is 483 g/mol. The highest BCUT2D eigenvalue weighted by Crippen LogP contribution is 2.33. The van der Waals surface area contributed by atoms with Crippen molar-refractivity contribution in [3.8, 4) is 11.1 Å². The van der Waals surface area contributed by atoms with Crippen molar-refractivity contribution < 1.29 is 26.4 Å². The first-order valence-electron chi connectivity index (χ1n) is 9.40. The Morgan fingerprint density at radius 1 is 1.03 bits per heavy atom. The quantitative estimate of drug-likeness (QED) is 0.416. The minimum absolute atomic E-state index is 0.0559. The fourth-order valence-electron chi connectivity index (χ4n) is 2.90. The number of carbonyl (C=O) groups is 1. The van der Waals surface area contributed by atoms with E-state index in [1.165, 1.54) is 35.6 Å². The average Bonchev–Trinajstić information content (AvgIpc) is 3.21. The number of urea groups is 1. The molecule has 2 amide bonds. The lowest BCUT2D eigenvalue weighted by molar-refractivity contribution is -0.137. The fourth-order valence-corrected chi connectivity index (χ4v) is 4.83. The van der Waals surface area contributed by atoms with E-state index < -0.39 is 27.8 Å². The third-order valence-electron chi connectivity index (χ3n) is 4.22. The number of amides is 2. The minimum Gasteiger partial charge on any atom is -0.308 e. The molecule has 0 aliphatic rings. The van der Waals surface area contributed by atoms with Gasteiger partial charge in [0.1, 0.15) is 0 Å². The van der Waals surface area contributed by atoms with E-state index in [1.54, 1.807) is 26.0 Å². The molecule has 0 fully saturated rings. The first-order chi connectivity index (χ1) is 15.0. The molecule has 0 saturated carbocycles. The Hall–Kier alpha value is -2.89. The second-order valence-electron chi connectivity index (χ2n) is 7.15. The summed E-state index contributed by atoms with van der Waals surface area (Å²) in [5.41, 5.74) is 0.556. The molecule has 0 atom stereocenters. The van der Waals surface area contributed by atoms with Crippen LogP contribution in [0.3, 0.4) is 0 Å².